The number of aromatic nitrogens is 2. The number of carbonyl (C=O) groups excluding carboxylic acids is 2. The van der Waals surface area contributed by atoms with E-state index in [0.29, 0.717) is 12.5 Å². The number of hydrogen-bond acceptors (Lipinski definition) is 5. The number of methoxy groups -OCH3 is 2. The molecule has 0 aromatic carbocycles. The molecule has 2 N–H and O–H groups in total. The van der Waals surface area contributed by atoms with E-state index in [4.69, 9.17) is 4.74 Å². The van der Waals surface area contributed by atoms with Crippen LogP contribution in [0.25, 0.3) is 0 Å². The molecular weight excluding hydrogens is 336 g/mol. The number of rotatable bonds is 7. The molecule has 0 radical (unpaired) electrons. The molecule has 0 bridgehead atoms. The van der Waals surface area contributed by atoms with Gasteiger partial charge in [0.25, 0.3) is 0 Å². The van der Waals surface area contributed by atoms with Crippen LogP contribution in [-0.2, 0) is 14.3 Å². The third-order valence-electron chi connectivity index (χ3n) is 5.18. The molecule has 0 aliphatic carbocycles. The molecule has 1 aromatic rings. The van der Waals surface area contributed by atoms with Gasteiger partial charge in [-0.25, -0.2) is 9.78 Å². The van der Waals surface area contributed by atoms with Crippen molar-refractivity contribution in [1.29, 1.82) is 0 Å². The highest BCUT2D eigenvalue weighted by molar-refractivity contribution is 5.86. The third-order valence-corrected chi connectivity index (χ3v) is 5.18. The molecule has 2 heterocycles. The van der Waals surface area contributed by atoms with E-state index in [1.807, 2.05) is 6.20 Å². The topological polar surface area (TPSA) is 96.6 Å². The van der Waals surface area contributed by atoms with Gasteiger partial charge in [0.05, 0.1) is 19.3 Å². The number of imidazole rings is 1. The number of aromatic amines is 1. The summed E-state index contributed by atoms with van der Waals surface area (Å²) >= 11 is 0. The van der Waals surface area contributed by atoms with Gasteiger partial charge in [-0.2, -0.15) is 0 Å². The van der Waals surface area contributed by atoms with E-state index in [1.165, 1.54) is 14.2 Å². The fourth-order valence-corrected chi connectivity index (χ4v) is 3.19. The standard InChI is InChI=1S/C18H30N4O4/c1-6-11(2)13-10-19-16(20-13)14-8-7-9-22(14)17(23)15(12(3)25-4)21-18(24)26-5/h10-12,14-15H,6-9H2,1-5H3,(H,19,20)(H,21,24)/t11?,12-,14-,15-/m0/s1. The molecule has 1 unspecified atom stereocenters. The highest BCUT2D eigenvalue weighted by Crippen LogP contribution is 2.32. The Hall–Kier alpha value is -2.09. The van der Waals surface area contributed by atoms with Crippen molar-refractivity contribution in [3.05, 3.63) is 17.7 Å². The molecule has 26 heavy (non-hydrogen) atoms. The van der Waals surface area contributed by atoms with Crippen molar-refractivity contribution >= 4 is 12.0 Å². The van der Waals surface area contributed by atoms with Gasteiger partial charge < -0.3 is 24.7 Å². The van der Waals surface area contributed by atoms with Crippen LogP contribution in [0.5, 0.6) is 0 Å². The van der Waals surface area contributed by atoms with Crippen molar-refractivity contribution in [3.63, 3.8) is 0 Å². The first kappa shape index (κ1) is 20.2. The minimum absolute atomic E-state index is 0.119. The number of H-pyrrole nitrogens is 1. The number of carbonyl (C=O) groups is 2. The zero-order chi connectivity index (χ0) is 19.3. The van der Waals surface area contributed by atoms with Crippen LogP contribution in [0.1, 0.15) is 63.5 Å². The zero-order valence-corrected chi connectivity index (χ0v) is 16.2. The summed E-state index contributed by atoms with van der Waals surface area (Å²) in [6, 6.07) is -0.927. The number of likely N-dealkylation sites (tertiary alicyclic amines) is 1. The van der Waals surface area contributed by atoms with Gasteiger partial charge in [-0.3, -0.25) is 4.79 Å². The van der Waals surface area contributed by atoms with Gasteiger partial charge in [0, 0.05) is 25.5 Å². The maximum Gasteiger partial charge on any atom is 0.407 e. The van der Waals surface area contributed by atoms with Crippen LogP contribution in [0.2, 0.25) is 0 Å². The minimum Gasteiger partial charge on any atom is -0.453 e. The van der Waals surface area contributed by atoms with Crippen molar-refractivity contribution in [3.8, 4) is 0 Å². The normalized spacial score (nSPS) is 20.5. The maximum atomic E-state index is 13.1. The van der Waals surface area contributed by atoms with Gasteiger partial charge in [0.1, 0.15) is 11.9 Å². The van der Waals surface area contributed by atoms with Gasteiger partial charge in [0.2, 0.25) is 5.91 Å². The van der Waals surface area contributed by atoms with Crippen molar-refractivity contribution in [2.75, 3.05) is 20.8 Å². The number of alkyl carbamates (subject to hydrolysis) is 1. The van der Waals surface area contributed by atoms with E-state index < -0.39 is 18.2 Å². The van der Waals surface area contributed by atoms with Crippen LogP contribution in [0.15, 0.2) is 6.20 Å². The Balaban J connectivity index is 2.19. The molecular formula is C18H30N4O4. The minimum atomic E-state index is -0.808. The summed E-state index contributed by atoms with van der Waals surface area (Å²) in [7, 11) is 2.78. The van der Waals surface area contributed by atoms with Crippen molar-refractivity contribution < 1.29 is 19.1 Å². The Morgan fingerprint density at radius 2 is 2.15 bits per heavy atom. The molecule has 1 aliphatic rings. The molecule has 8 nitrogen and oxygen atoms in total. The first-order valence-electron chi connectivity index (χ1n) is 9.15. The van der Waals surface area contributed by atoms with Crippen LogP contribution in [0.4, 0.5) is 4.79 Å². The largest absolute Gasteiger partial charge is 0.453 e. The fraction of sp³-hybridized carbons (Fsp3) is 0.722. The van der Waals surface area contributed by atoms with Crippen molar-refractivity contribution in [1.82, 2.24) is 20.2 Å². The summed E-state index contributed by atoms with van der Waals surface area (Å²) < 4.78 is 9.94. The molecule has 2 amide bonds. The second-order valence-electron chi connectivity index (χ2n) is 6.78. The summed E-state index contributed by atoms with van der Waals surface area (Å²) in [6.45, 7) is 6.65. The first-order valence-corrected chi connectivity index (χ1v) is 9.15. The smallest absolute Gasteiger partial charge is 0.407 e. The van der Waals surface area contributed by atoms with Crippen molar-refractivity contribution in [2.45, 2.75) is 64.1 Å². The number of nitrogens with zero attached hydrogens (tertiary/aromatic N) is 2. The lowest BCUT2D eigenvalue weighted by Crippen LogP contribution is -2.54. The molecule has 2 rings (SSSR count). The molecule has 1 aromatic heterocycles. The lowest BCUT2D eigenvalue weighted by molar-refractivity contribution is -0.137. The molecule has 146 valence electrons. The lowest BCUT2D eigenvalue weighted by Gasteiger charge is -2.30. The molecule has 8 heteroatoms. The van der Waals surface area contributed by atoms with E-state index in [1.54, 1.807) is 11.8 Å². The molecule has 0 saturated carbocycles. The highest BCUT2D eigenvalue weighted by atomic mass is 16.5. The summed E-state index contributed by atoms with van der Waals surface area (Å²) in [4.78, 5) is 34.4. The number of amides is 2. The molecule has 1 aliphatic heterocycles. The second kappa shape index (κ2) is 9.02. The van der Waals surface area contributed by atoms with Crippen molar-refractivity contribution in [2.24, 2.45) is 0 Å². The van der Waals surface area contributed by atoms with Gasteiger partial charge in [0.15, 0.2) is 0 Å². The Kier molecular flexibility index (Phi) is 7.02. The second-order valence-corrected chi connectivity index (χ2v) is 6.78. The Bertz CT molecular complexity index is 618. The Morgan fingerprint density at radius 1 is 1.42 bits per heavy atom. The van der Waals surface area contributed by atoms with E-state index in [0.717, 1.165) is 30.8 Å². The molecule has 1 saturated heterocycles. The number of hydrogen-bond donors (Lipinski definition) is 2. The Labute approximate surface area is 154 Å². The van der Waals surface area contributed by atoms with Crippen LogP contribution in [-0.4, -0.2) is 59.8 Å². The average Bonchev–Trinajstić information content (AvgIpc) is 3.32. The number of nitrogens with one attached hydrogen (secondary N) is 2. The predicted molar refractivity (Wildman–Crippen MR) is 96.8 cm³/mol. The Morgan fingerprint density at radius 3 is 2.77 bits per heavy atom. The predicted octanol–water partition coefficient (Wildman–Crippen LogP) is 2.35. The van der Waals surface area contributed by atoms with Gasteiger partial charge in [-0.1, -0.05) is 13.8 Å². The van der Waals surface area contributed by atoms with E-state index >= 15 is 0 Å². The maximum absolute atomic E-state index is 13.1. The molecule has 1 fully saturated rings. The zero-order valence-electron chi connectivity index (χ0n) is 16.2. The van der Waals surface area contributed by atoms with E-state index in [9.17, 15) is 9.59 Å². The third kappa shape index (κ3) is 4.35. The lowest BCUT2D eigenvalue weighted by atomic mass is 10.1. The SMILES string of the molecule is CCC(C)c1cnc([C@@H]2CCCN2C(=O)[C@@H](NC(=O)OC)[C@H](C)OC)[nH]1. The number of ether oxygens (including phenoxy) is 2. The summed E-state index contributed by atoms with van der Waals surface area (Å²) in [5.41, 5.74) is 1.08. The quantitative estimate of drug-likeness (QED) is 0.772. The summed E-state index contributed by atoms with van der Waals surface area (Å²) in [5, 5.41) is 2.59. The van der Waals surface area contributed by atoms with Crippen LogP contribution < -0.4 is 5.32 Å². The van der Waals surface area contributed by atoms with E-state index in [2.05, 4.69) is 33.9 Å². The van der Waals surface area contributed by atoms with Gasteiger partial charge >= 0.3 is 6.09 Å². The van der Waals surface area contributed by atoms with Crippen LogP contribution in [0.3, 0.4) is 0 Å². The summed E-state index contributed by atoms with van der Waals surface area (Å²) in [6.07, 6.45) is 3.47. The van der Waals surface area contributed by atoms with E-state index in [-0.39, 0.29) is 11.9 Å². The highest BCUT2D eigenvalue weighted by Gasteiger charge is 2.38. The van der Waals surface area contributed by atoms with Crippen LogP contribution >= 0.6 is 0 Å². The fourth-order valence-electron chi connectivity index (χ4n) is 3.19. The van der Waals surface area contributed by atoms with Crippen LogP contribution in [0, 0.1) is 0 Å². The van der Waals surface area contributed by atoms with Gasteiger partial charge in [-0.05, 0) is 32.1 Å². The first-order chi connectivity index (χ1) is 12.4. The molecule has 0 spiro atoms. The monoisotopic (exact) mass is 366 g/mol. The average molecular weight is 366 g/mol. The molecule has 4 atom stereocenters. The van der Waals surface area contributed by atoms with Gasteiger partial charge in [-0.15, -0.1) is 0 Å². The summed E-state index contributed by atoms with van der Waals surface area (Å²) in [5.74, 6) is 1.01.